The van der Waals surface area contributed by atoms with Crippen LogP contribution in [0, 0.1) is 0 Å². The fraction of sp³-hybridized carbons (Fsp3) is 0.423. The lowest BCUT2D eigenvalue weighted by molar-refractivity contribution is -0.123. The summed E-state index contributed by atoms with van der Waals surface area (Å²) in [6.45, 7) is 4.96. The molecule has 0 bridgehead atoms. The molecular formula is C26H33N5O5. The van der Waals surface area contributed by atoms with E-state index in [1.807, 2.05) is 49.4 Å². The number of hydrogen-bond acceptors (Lipinski definition) is 8. The molecule has 1 unspecified atom stereocenters. The number of carbonyl (C=O) groups is 1. The predicted octanol–water partition coefficient (Wildman–Crippen LogP) is 2.62. The molecular weight excluding hydrogens is 462 g/mol. The summed E-state index contributed by atoms with van der Waals surface area (Å²) in [7, 11) is 4.84. The summed E-state index contributed by atoms with van der Waals surface area (Å²) < 4.78 is 24.1. The normalized spacial score (nSPS) is 14.3. The first-order valence-electron chi connectivity index (χ1n) is 11.9. The minimum Gasteiger partial charge on any atom is -0.493 e. The van der Waals surface area contributed by atoms with Crippen molar-refractivity contribution in [3.63, 3.8) is 0 Å². The maximum Gasteiger partial charge on any atom is 0.258 e. The van der Waals surface area contributed by atoms with Crippen LogP contribution < -0.4 is 24.3 Å². The Bertz CT molecular complexity index is 1140. The molecule has 1 aliphatic rings. The van der Waals surface area contributed by atoms with Crippen molar-refractivity contribution >= 4 is 5.91 Å². The van der Waals surface area contributed by atoms with E-state index in [0.717, 1.165) is 49.8 Å². The van der Waals surface area contributed by atoms with Gasteiger partial charge in [0.05, 0.1) is 27.4 Å². The molecule has 36 heavy (non-hydrogen) atoms. The molecule has 0 saturated carbocycles. The van der Waals surface area contributed by atoms with Gasteiger partial charge in [-0.3, -0.25) is 9.69 Å². The number of amides is 1. The van der Waals surface area contributed by atoms with Crippen molar-refractivity contribution in [2.45, 2.75) is 32.5 Å². The second kappa shape index (κ2) is 11.8. The van der Waals surface area contributed by atoms with E-state index in [9.17, 15) is 4.79 Å². The summed E-state index contributed by atoms with van der Waals surface area (Å²) in [4.78, 5) is 14.8. The number of hydrogen-bond donors (Lipinski definition) is 1. The van der Waals surface area contributed by atoms with Gasteiger partial charge in [0.2, 0.25) is 5.75 Å². The SMILES string of the molecule is COc1cc(CN2CCc3nnc(C(C)NC(=O)COc4ccccc4)n3CC2)cc(OC)c1OC. The van der Waals surface area contributed by atoms with E-state index in [1.165, 1.54) is 0 Å². The van der Waals surface area contributed by atoms with Crippen LogP contribution in [0.25, 0.3) is 0 Å². The minimum atomic E-state index is -0.292. The molecule has 1 aromatic heterocycles. The van der Waals surface area contributed by atoms with E-state index in [2.05, 4.69) is 25.0 Å². The highest BCUT2D eigenvalue weighted by Crippen LogP contribution is 2.38. The number of methoxy groups -OCH3 is 3. The number of benzene rings is 2. The summed E-state index contributed by atoms with van der Waals surface area (Å²) in [5.41, 5.74) is 1.07. The molecule has 0 aliphatic carbocycles. The lowest BCUT2D eigenvalue weighted by Crippen LogP contribution is -2.33. The maximum absolute atomic E-state index is 12.4. The number of nitrogens with one attached hydrogen (secondary N) is 1. The molecule has 192 valence electrons. The zero-order chi connectivity index (χ0) is 25.5. The summed E-state index contributed by atoms with van der Waals surface area (Å²) in [6, 6.07) is 12.9. The standard InChI is InChI=1S/C26H33N5O5/c1-18(27-24(32)17-36-20-8-6-5-7-9-20)26-29-28-23-10-11-30(12-13-31(23)26)16-19-14-21(33-2)25(35-4)22(15-19)34-3/h5-9,14-15,18H,10-13,16-17H2,1-4H3,(H,27,32). The third kappa shape index (κ3) is 5.88. The van der Waals surface area contributed by atoms with Crippen molar-refractivity contribution in [3.8, 4) is 23.0 Å². The van der Waals surface area contributed by atoms with Crippen molar-refractivity contribution in [2.75, 3.05) is 41.0 Å². The van der Waals surface area contributed by atoms with Crippen LogP contribution in [-0.4, -0.2) is 66.6 Å². The first kappa shape index (κ1) is 25.3. The van der Waals surface area contributed by atoms with Crippen LogP contribution >= 0.6 is 0 Å². The number of carbonyl (C=O) groups excluding carboxylic acids is 1. The number of ether oxygens (including phenoxy) is 4. The maximum atomic E-state index is 12.4. The molecule has 1 aliphatic heterocycles. The third-order valence-corrected chi connectivity index (χ3v) is 6.16. The van der Waals surface area contributed by atoms with Crippen LogP contribution in [0.15, 0.2) is 42.5 Å². The van der Waals surface area contributed by atoms with Crippen LogP contribution in [0.3, 0.4) is 0 Å². The van der Waals surface area contributed by atoms with Gasteiger partial charge in [0.1, 0.15) is 11.6 Å². The van der Waals surface area contributed by atoms with E-state index in [4.69, 9.17) is 18.9 Å². The fourth-order valence-corrected chi connectivity index (χ4v) is 4.37. The predicted molar refractivity (Wildman–Crippen MR) is 134 cm³/mol. The Kier molecular flexibility index (Phi) is 8.27. The number of nitrogens with zero attached hydrogens (tertiary/aromatic N) is 4. The van der Waals surface area contributed by atoms with E-state index >= 15 is 0 Å². The van der Waals surface area contributed by atoms with E-state index in [0.29, 0.717) is 23.0 Å². The highest BCUT2D eigenvalue weighted by molar-refractivity contribution is 5.77. The Morgan fingerprint density at radius 2 is 1.72 bits per heavy atom. The van der Waals surface area contributed by atoms with Crippen molar-refractivity contribution < 1.29 is 23.7 Å². The number of aromatic nitrogens is 3. The van der Waals surface area contributed by atoms with Gasteiger partial charge in [0.25, 0.3) is 5.91 Å². The molecule has 10 heteroatoms. The Morgan fingerprint density at radius 3 is 2.39 bits per heavy atom. The second-order valence-electron chi connectivity index (χ2n) is 8.58. The number of para-hydroxylation sites is 1. The lowest BCUT2D eigenvalue weighted by atomic mass is 10.1. The van der Waals surface area contributed by atoms with Gasteiger partial charge in [-0.15, -0.1) is 10.2 Å². The average molecular weight is 496 g/mol. The molecule has 1 N–H and O–H groups in total. The molecule has 4 rings (SSSR count). The van der Waals surface area contributed by atoms with Crippen LogP contribution in [0.5, 0.6) is 23.0 Å². The first-order valence-corrected chi connectivity index (χ1v) is 11.9. The zero-order valence-corrected chi connectivity index (χ0v) is 21.2. The van der Waals surface area contributed by atoms with Gasteiger partial charge in [-0.2, -0.15) is 0 Å². The molecule has 2 heterocycles. The highest BCUT2D eigenvalue weighted by Gasteiger charge is 2.23. The lowest BCUT2D eigenvalue weighted by Gasteiger charge is -2.21. The summed E-state index contributed by atoms with van der Waals surface area (Å²) in [5, 5.41) is 11.8. The second-order valence-corrected chi connectivity index (χ2v) is 8.58. The topological polar surface area (TPSA) is 100.0 Å². The quantitative estimate of drug-likeness (QED) is 0.458. The van der Waals surface area contributed by atoms with Crippen LogP contribution in [0.4, 0.5) is 0 Å². The molecule has 0 spiro atoms. The average Bonchev–Trinajstić information content (AvgIpc) is 3.21. The van der Waals surface area contributed by atoms with Crippen molar-refractivity contribution in [3.05, 3.63) is 59.7 Å². The number of fused-ring (bicyclic) bond motifs is 1. The highest BCUT2D eigenvalue weighted by atomic mass is 16.5. The summed E-state index contributed by atoms with van der Waals surface area (Å²) in [6.07, 6.45) is 0.759. The zero-order valence-electron chi connectivity index (χ0n) is 21.2. The van der Waals surface area contributed by atoms with Crippen LogP contribution in [-0.2, 0) is 24.3 Å². The van der Waals surface area contributed by atoms with Crippen molar-refractivity contribution in [2.24, 2.45) is 0 Å². The van der Waals surface area contributed by atoms with Crippen LogP contribution in [0.2, 0.25) is 0 Å². The molecule has 0 radical (unpaired) electrons. The fourth-order valence-electron chi connectivity index (χ4n) is 4.37. The third-order valence-electron chi connectivity index (χ3n) is 6.16. The smallest absolute Gasteiger partial charge is 0.258 e. The first-order chi connectivity index (χ1) is 17.5. The van der Waals surface area contributed by atoms with Crippen molar-refractivity contribution in [1.29, 1.82) is 0 Å². The Labute approximate surface area is 211 Å². The van der Waals surface area contributed by atoms with Gasteiger partial charge >= 0.3 is 0 Å². The van der Waals surface area contributed by atoms with Gasteiger partial charge in [-0.05, 0) is 36.8 Å². The molecule has 1 amide bonds. The van der Waals surface area contributed by atoms with Gasteiger partial charge < -0.3 is 28.8 Å². The van der Waals surface area contributed by atoms with E-state index < -0.39 is 0 Å². The van der Waals surface area contributed by atoms with E-state index in [-0.39, 0.29) is 18.6 Å². The van der Waals surface area contributed by atoms with Gasteiger partial charge in [0.15, 0.2) is 23.9 Å². The van der Waals surface area contributed by atoms with Gasteiger partial charge in [-0.25, -0.2) is 0 Å². The molecule has 0 saturated heterocycles. The van der Waals surface area contributed by atoms with Gasteiger partial charge in [-0.1, -0.05) is 18.2 Å². The van der Waals surface area contributed by atoms with Gasteiger partial charge in [0, 0.05) is 32.6 Å². The molecule has 2 aromatic carbocycles. The minimum absolute atomic E-state index is 0.0576. The van der Waals surface area contributed by atoms with Crippen LogP contribution in [0.1, 0.15) is 30.2 Å². The Morgan fingerprint density at radius 1 is 1.00 bits per heavy atom. The summed E-state index contributed by atoms with van der Waals surface area (Å²) in [5.74, 6) is 3.97. The molecule has 1 atom stereocenters. The largest absolute Gasteiger partial charge is 0.493 e. The summed E-state index contributed by atoms with van der Waals surface area (Å²) >= 11 is 0. The molecule has 10 nitrogen and oxygen atoms in total. The number of rotatable bonds is 10. The van der Waals surface area contributed by atoms with E-state index in [1.54, 1.807) is 21.3 Å². The monoisotopic (exact) mass is 495 g/mol. The van der Waals surface area contributed by atoms with Crippen molar-refractivity contribution in [1.82, 2.24) is 25.0 Å². The molecule has 0 fully saturated rings. The Balaban J connectivity index is 1.37. The molecule has 3 aromatic rings. The Hall–Kier alpha value is -3.79.